The quantitative estimate of drug-likeness (QED) is 0.591. The highest BCUT2D eigenvalue weighted by molar-refractivity contribution is 5.98. The molecule has 2 aromatic heterocycles. The van der Waals surface area contributed by atoms with Gasteiger partial charge >= 0.3 is 0 Å². The number of hydrogen-bond donors (Lipinski definition) is 3. The normalized spacial score (nSPS) is 14.3. The van der Waals surface area contributed by atoms with Crippen molar-refractivity contribution in [2.24, 2.45) is 5.92 Å². The van der Waals surface area contributed by atoms with Crippen LogP contribution in [0, 0.1) is 17.8 Å². The third-order valence-electron chi connectivity index (χ3n) is 4.86. The van der Waals surface area contributed by atoms with Crippen molar-refractivity contribution >= 4 is 16.9 Å². The monoisotopic (exact) mass is 346 g/mol. The fourth-order valence-corrected chi connectivity index (χ4v) is 3.38. The first-order chi connectivity index (χ1) is 12.5. The minimum Gasteiger partial charge on any atom is -0.380 e. The van der Waals surface area contributed by atoms with Gasteiger partial charge in [-0.05, 0) is 48.9 Å². The summed E-state index contributed by atoms with van der Waals surface area (Å²) in [6, 6.07) is 6.09. The van der Waals surface area contributed by atoms with Gasteiger partial charge in [0.15, 0.2) is 0 Å². The number of aliphatic hydroxyl groups excluding tert-OH is 1. The third kappa shape index (κ3) is 2.93. The minimum atomic E-state index is -0.623. The number of hydrogen-bond acceptors (Lipinski definition) is 4. The fourth-order valence-electron chi connectivity index (χ4n) is 3.38. The van der Waals surface area contributed by atoms with Crippen LogP contribution in [0.2, 0.25) is 0 Å². The van der Waals surface area contributed by atoms with Gasteiger partial charge in [-0.15, -0.1) is 0 Å². The van der Waals surface area contributed by atoms with E-state index in [1.807, 2.05) is 32.2 Å². The largest absolute Gasteiger partial charge is 0.380 e. The highest BCUT2D eigenvalue weighted by atomic mass is 16.3. The van der Waals surface area contributed by atoms with E-state index in [0.717, 1.165) is 52.5 Å². The number of nitrogens with one attached hydrogen (secondary N) is 1. The summed E-state index contributed by atoms with van der Waals surface area (Å²) in [6.07, 6.45) is 4.18. The van der Waals surface area contributed by atoms with Crippen LogP contribution in [0.15, 0.2) is 24.4 Å². The standard InChI is InChI=1S/C21H22N4O/c1-12(2)18(26)9-7-13-6-8-16-15(10-13)19-17(24-16)5-3-4-14-11-23-21(22)25-20(14)19/h6,8,10-12,18,24,26H,3-5H2,1-2H3,(H2,22,23,25). The Labute approximate surface area is 152 Å². The van der Waals surface area contributed by atoms with Crippen molar-refractivity contribution in [2.75, 3.05) is 5.73 Å². The zero-order chi connectivity index (χ0) is 18.3. The molecular formula is C21H22N4O. The molecule has 0 saturated carbocycles. The van der Waals surface area contributed by atoms with Gasteiger partial charge in [0.2, 0.25) is 5.95 Å². The van der Waals surface area contributed by atoms with E-state index in [2.05, 4.69) is 32.9 Å². The number of aromatic nitrogens is 3. The summed E-state index contributed by atoms with van der Waals surface area (Å²) in [6.45, 7) is 3.91. The molecule has 132 valence electrons. The predicted octanol–water partition coefficient (Wildman–Crippen LogP) is 3.06. The lowest BCUT2D eigenvalue weighted by Crippen LogP contribution is -2.11. The number of nitrogen functional groups attached to an aromatic ring is 1. The second kappa shape index (κ2) is 6.47. The number of aryl methyl sites for hydroxylation is 2. The molecule has 3 aromatic rings. The molecule has 0 spiro atoms. The number of H-pyrrole nitrogens is 1. The maximum atomic E-state index is 9.94. The van der Waals surface area contributed by atoms with E-state index < -0.39 is 6.10 Å². The summed E-state index contributed by atoms with van der Waals surface area (Å²) >= 11 is 0. The predicted molar refractivity (Wildman–Crippen MR) is 103 cm³/mol. The Morgan fingerprint density at radius 3 is 2.92 bits per heavy atom. The topological polar surface area (TPSA) is 87.8 Å². The molecule has 0 bridgehead atoms. The number of benzene rings is 1. The molecule has 5 nitrogen and oxygen atoms in total. The van der Waals surface area contributed by atoms with Gasteiger partial charge in [0.1, 0.15) is 6.10 Å². The highest BCUT2D eigenvalue weighted by Gasteiger charge is 2.21. The first-order valence-electron chi connectivity index (χ1n) is 8.99. The Hall–Kier alpha value is -2.84. The SMILES string of the molecule is CC(C)C(O)C#Cc1ccc2[nH]c3c(c2c1)-c1nc(N)ncc1CCC3. The second-order valence-corrected chi connectivity index (χ2v) is 7.15. The smallest absolute Gasteiger partial charge is 0.220 e. The van der Waals surface area contributed by atoms with Crippen molar-refractivity contribution in [1.29, 1.82) is 0 Å². The van der Waals surface area contributed by atoms with Gasteiger partial charge in [0.05, 0.1) is 5.69 Å². The maximum Gasteiger partial charge on any atom is 0.220 e. The molecule has 0 fully saturated rings. The van der Waals surface area contributed by atoms with E-state index in [0.29, 0.717) is 5.95 Å². The number of nitrogens with two attached hydrogens (primary N) is 1. The Morgan fingerprint density at radius 2 is 2.12 bits per heavy atom. The van der Waals surface area contributed by atoms with E-state index in [-0.39, 0.29) is 5.92 Å². The zero-order valence-corrected chi connectivity index (χ0v) is 15.0. The molecular weight excluding hydrogens is 324 g/mol. The summed E-state index contributed by atoms with van der Waals surface area (Å²) in [7, 11) is 0. The molecule has 0 radical (unpaired) electrons. The molecule has 5 heteroatoms. The lowest BCUT2D eigenvalue weighted by atomic mass is 10.0. The third-order valence-corrected chi connectivity index (χ3v) is 4.86. The Morgan fingerprint density at radius 1 is 1.27 bits per heavy atom. The van der Waals surface area contributed by atoms with Gasteiger partial charge in [-0.1, -0.05) is 25.7 Å². The molecule has 1 unspecified atom stereocenters. The van der Waals surface area contributed by atoms with Crippen LogP contribution >= 0.6 is 0 Å². The molecule has 1 aliphatic rings. The first kappa shape index (κ1) is 16.6. The van der Waals surface area contributed by atoms with Gasteiger partial charge in [0, 0.05) is 33.9 Å². The lowest BCUT2D eigenvalue weighted by Gasteiger charge is -2.07. The van der Waals surface area contributed by atoms with Crippen molar-refractivity contribution in [2.45, 2.75) is 39.2 Å². The van der Waals surface area contributed by atoms with Gasteiger partial charge in [0.25, 0.3) is 0 Å². The number of fused-ring (bicyclic) bond motifs is 5. The van der Waals surface area contributed by atoms with E-state index in [4.69, 9.17) is 5.73 Å². The number of nitrogens with zero attached hydrogens (tertiary/aromatic N) is 2. The second-order valence-electron chi connectivity index (χ2n) is 7.15. The van der Waals surface area contributed by atoms with Crippen molar-refractivity contribution in [3.63, 3.8) is 0 Å². The van der Waals surface area contributed by atoms with Gasteiger partial charge < -0.3 is 15.8 Å². The molecule has 26 heavy (non-hydrogen) atoms. The van der Waals surface area contributed by atoms with Gasteiger partial charge in [-0.25, -0.2) is 9.97 Å². The van der Waals surface area contributed by atoms with Crippen molar-refractivity contribution in [1.82, 2.24) is 15.0 Å². The van der Waals surface area contributed by atoms with Crippen LogP contribution in [-0.4, -0.2) is 26.2 Å². The molecule has 2 heterocycles. The first-order valence-corrected chi connectivity index (χ1v) is 8.99. The van der Waals surface area contributed by atoms with Gasteiger partial charge in [-0.2, -0.15) is 0 Å². The van der Waals surface area contributed by atoms with Crippen molar-refractivity contribution < 1.29 is 5.11 Å². The zero-order valence-electron chi connectivity index (χ0n) is 15.0. The summed E-state index contributed by atoms with van der Waals surface area (Å²) in [5.41, 5.74) is 12.1. The number of rotatable bonds is 1. The summed E-state index contributed by atoms with van der Waals surface area (Å²) in [5.74, 6) is 6.43. The number of aliphatic hydroxyl groups is 1. The molecule has 1 aromatic carbocycles. The Kier molecular flexibility index (Phi) is 4.14. The Bertz CT molecular complexity index is 1040. The minimum absolute atomic E-state index is 0.112. The maximum absolute atomic E-state index is 9.94. The molecule has 0 aliphatic heterocycles. The van der Waals surface area contributed by atoms with Crippen LogP contribution in [0.25, 0.3) is 22.2 Å². The average Bonchev–Trinajstić information content (AvgIpc) is 2.88. The van der Waals surface area contributed by atoms with E-state index in [9.17, 15) is 5.11 Å². The van der Waals surface area contributed by atoms with E-state index in [1.54, 1.807) is 0 Å². The Balaban J connectivity index is 1.88. The van der Waals surface area contributed by atoms with E-state index in [1.165, 1.54) is 5.69 Å². The van der Waals surface area contributed by atoms with Gasteiger partial charge in [-0.3, -0.25) is 0 Å². The van der Waals surface area contributed by atoms with Crippen LogP contribution in [0.1, 0.15) is 37.1 Å². The average molecular weight is 346 g/mol. The van der Waals surface area contributed by atoms with Crippen molar-refractivity contribution in [3.8, 4) is 23.1 Å². The molecule has 1 aliphatic carbocycles. The highest BCUT2D eigenvalue weighted by Crippen LogP contribution is 2.37. The summed E-state index contributed by atoms with van der Waals surface area (Å²) < 4.78 is 0. The lowest BCUT2D eigenvalue weighted by molar-refractivity contribution is 0.181. The van der Waals surface area contributed by atoms with E-state index >= 15 is 0 Å². The summed E-state index contributed by atoms with van der Waals surface area (Å²) in [4.78, 5) is 12.2. The van der Waals surface area contributed by atoms with Crippen LogP contribution in [0.4, 0.5) is 5.95 Å². The fraction of sp³-hybridized carbons (Fsp3) is 0.333. The van der Waals surface area contributed by atoms with Crippen LogP contribution in [0.5, 0.6) is 0 Å². The molecule has 4 rings (SSSR count). The molecule has 0 saturated heterocycles. The molecule has 1 atom stereocenters. The van der Waals surface area contributed by atoms with Crippen LogP contribution in [-0.2, 0) is 12.8 Å². The molecule has 0 amide bonds. The van der Waals surface area contributed by atoms with Crippen LogP contribution in [0.3, 0.4) is 0 Å². The summed E-state index contributed by atoms with van der Waals surface area (Å²) in [5, 5.41) is 11.0. The number of aromatic amines is 1. The molecule has 4 N–H and O–H groups in total. The number of anilines is 1. The van der Waals surface area contributed by atoms with Crippen molar-refractivity contribution in [3.05, 3.63) is 41.2 Å². The van der Waals surface area contributed by atoms with Crippen LogP contribution < -0.4 is 5.73 Å².